The molecule has 1 aliphatic heterocycles. The van der Waals surface area contributed by atoms with E-state index in [1.807, 2.05) is 54.6 Å². The van der Waals surface area contributed by atoms with Gasteiger partial charge in [0.15, 0.2) is 0 Å². The van der Waals surface area contributed by atoms with Crippen molar-refractivity contribution in [3.8, 4) is 0 Å². The lowest BCUT2D eigenvalue weighted by Gasteiger charge is -2.11. The Hall–Kier alpha value is -3.57. The van der Waals surface area contributed by atoms with Crippen LogP contribution in [0.5, 0.6) is 0 Å². The van der Waals surface area contributed by atoms with Crippen LogP contribution in [0.25, 0.3) is 17.0 Å². The Bertz CT molecular complexity index is 1320. The summed E-state index contributed by atoms with van der Waals surface area (Å²) in [7, 11) is 0. The summed E-state index contributed by atoms with van der Waals surface area (Å²) in [4.78, 5) is 27.4. The zero-order chi connectivity index (χ0) is 21.4. The highest BCUT2D eigenvalue weighted by Gasteiger charge is 2.36. The molecule has 0 saturated carbocycles. The molecule has 5 heteroatoms. The lowest BCUT2D eigenvalue weighted by Crippen LogP contribution is -2.27. The van der Waals surface area contributed by atoms with E-state index in [0.717, 1.165) is 40.5 Å². The smallest absolute Gasteiger partial charge is 0.298 e. The van der Waals surface area contributed by atoms with Crippen molar-refractivity contribution < 1.29 is 9.59 Å². The van der Waals surface area contributed by atoms with Gasteiger partial charge < -0.3 is 4.57 Å². The van der Waals surface area contributed by atoms with Gasteiger partial charge in [0.1, 0.15) is 0 Å². The molecule has 0 unspecified atom stereocenters. The number of amides is 2. The third-order valence-corrected chi connectivity index (χ3v) is 6.42. The second kappa shape index (κ2) is 7.93. The number of para-hydroxylation sites is 2. The van der Waals surface area contributed by atoms with Crippen LogP contribution in [0.2, 0.25) is 0 Å². The monoisotopic (exact) mass is 424 g/mol. The van der Waals surface area contributed by atoms with Crippen LogP contribution in [0.4, 0.5) is 10.5 Å². The van der Waals surface area contributed by atoms with Gasteiger partial charge >= 0.3 is 0 Å². The first kappa shape index (κ1) is 19.4. The van der Waals surface area contributed by atoms with E-state index >= 15 is 0 Å². The molecule has 0 N–H and O–H groups in total. The number of hydrogen-bond acceptors (Lipinski definition) is 3. The first-order chi connectivity index (χ1) is 15.1. The summed E-state index contributed by atoms with van der Waals surface area (Å²) in [5.74, 6) is -0.277. The maximum Gasteiger partial charge on any atom is 0.298 e. The van der Waals surface area contributed by atoms with Gasteiger partial charge in [-0.1, -0.05) is 66.7 Å². The summed E-state index contributed by atoms with van der Waals surface area (Å²) in [5.41, 5.74) is 4.96. The maximum atomic E-state index is 13.1. The Morgan fingerprint density at radius 1 is 0.839 bits per heavy atom. The average Bonchev–Trinajstić information content (AvgIpc) is 3.23. The fraction of sp³-hybridized carbons (Fsp3) is 0.0769. The van der Waals surface area contributed by atoms with Crippen LogP contribution < -0.4 is 4.90 Å². The van der Waals surface area contributed by atoms with Crippen molar-refractivity contribution in [1.29, 1.82) is 0 Å². The number of anilines is 1. The minimum absolute atomic E-state index is 0.270. The molecule has 2 heterocycles. The average molecular weight is 425 g/mol. The number of carbonyl (C=O) groups is 2. The van der Waals surface area contributed by atoms with Crippen molar-refractivity contribution in [2.24, 2.45) is 0 Å². The summed E-state index contributed by atoms with van der Waals surface area (Å²) in [5, 5.41) is 0.801. The number of aromatic nitrogens is 1. The molecule has 0 bridgehead atoms. The molecule has 0 radical (unpaired) electrons. The van der Waals surface area contributed by atoms with Gasteiger partial charge in [-0.3, -0.25) is 9.59 Å². The molecule has 5 rings (SSSR count). The van der Waals surface area contributed by atoms with Crippen LogP contribution in [0, 0.1) is 6.92 Å². The fourth-order valence-electron chi connectivity index (χ4n) is 4.01. The first-order valence-corrected chi connectivity index (χ1v) is 10.9. The fourth-order valence-corrected chi connectivity index (χ4v) is 4.83. The predicted octanol–water partition coefficient (Wildman–Crippen LogP) is 6.24. The number of rotatable bonds is 4. The number of thioether (sulfide) groups is 1. The van der Waals surface area contributed by atoms with Gasteiger partial charge in [0, 0.05) is 28.7 Å². The van der Waals surface area contributed by atoms with E-state index < -0.39 is 0 Å². The molecule has 0 aliphatic carbocycles. The number of benzene rings is 3. The van der Waals surface area contributed by atoms with Crippen molar-refractivity contribution in [2.45, 2.75) is 13.5 Å². The molecule has 0 spiro atoms. The summed E-state index contributed by atoms with van der Waals surface area (Å²) in [6.45, 7) is 2.81. The van der Waals surface area contributed by atoms with Crippen molar-refractivity contribution >= 4 is 45.6 Å². The summed E-state index contributed by atoms with van der Waals surface area (Å²) in [6.07, 6.45) is 1.87. The molecular formula is C26H20N2O2S. The molecule has 0 atom stereocenters. The van der Waals surface area contributed by atoms with Gasteiger partial charge in [0.05, 0.1) is 10.6 Å². The lowest BCUT2D eigenvalue weighted by atomic mass is 10.1. The molecule has 1 saturated heterocycles. The second-order valence-corrected chi connectivity index (χ2v) is 8.43. The summed E-state index contributed by atoms with van der Waals surface area (Å²) in [6, 6.07) is 27.6. The lowest BCUT2D eigenvalue weighted by molar-refractivity contribution is -0.113. The van der Waals surface area contributed by atoms with Crippen LogP contribution in [-0.2, 0) is 11.3 Å². The Kier molecular flexibility index (Phi) is 4.96. The normalized spacial score (nSPS) is 15.4. The number of hydrogen-bond donors (Lipinski definition) is 0. The standard InChI is InChI=1S/C26H20N2O2S/c1-18-22(16-24-25(29)28(26(30)31-24)20-12-6-3-7-13-20)21-14-8-9-15-23(21)27(18)17-19-10-4-2-5-11-19/h2-16H,17H2,1H3/b24-16-. The van der Waals surface area contributed by atoms with Crippen molar-refractivity contribution in [3.05, 3.63) is 107 Å². The molecule has 4 nitrogen and oxygen atoms in total. The van der Waals surface area contributed by atoms with E-state index in [4.69, 9.17) is 0 Å². The molecule has 31 heavy (non-hydrogen) atoms. The van der Waals surface area contributed by atoms with E-state index in [1.54, 1.807) is 12.1 Å². The third kappa shape index (κ3) is 3.47. The van der Waals surface area contributed by atoms with E-state index in [0.29, 0.717) is 10.6 Å². The Morgan fingerprint density at radius 3 is 2.23 bits per heavy atom. The van der Waals surface area contributed by atoms with Crippen LogP contribution in [0.1, 0.15) is 16.8 Å². The molecule has 1 aliphatic rings. The molecule has 1 fully saturated rings. The topological polar surface area (TPSA) is 42.3 Å². The third-order valence-electron chi connectivity index (χ3n) is 5.55. The Balaban J connectivity index is 1.58. The number of imide groups is 1. The van der Waals surface area contributed by atoms with E-state index in [-0.39, 0.29) is 11.1 Å². The second-order valence-electron chi connectivity index (χ2n) is 7.44. The van der Waals surface area contributed by atoms with Crippen LogP contribution >= 0.6 is 11.8 Å². The van der Waals surface area contributed by atoms with Gasteiger partial charge in [0.25, 0.3) is 11.1 Å². The van der Waals surface area contributed by atoms with E-state index in [1.165, 1.54) is 10.5 Å². The quantitative estimate of drug-likeness (QED) is 0.364. The van der Waals surface area contributed by atoms with Crippen LogP contribution in [0.15, 0.2) is 89.8 Å². The summed E-state index contributed by atoms with van der Waals surface area (Å²) < 4.78 is 2.26. The molecular weight excluding hydrogens is 404 g/mol. The number of carbonyl (C=O) groups excluding carboxylic acids is 2. The highest BCUT2D eigenvalue weighted by molar-refractivity contribution is 8.19. The SMILES string of the molecule is Cc1c(/C=C2\SC(=O)N(c3ccccc3)C2=O)c2ccccc2n1Cc1ccccc1. The molecule has 4 aromatic rings. The predicted molar refractivity (Wildman–Crippen MR) is 127 cm³/mol. The highest BCUT2D eigenvalue weighted by Crippen LogP contribution is 2.37. The first-order valence-electron chi connectivity index (χ1n) is 10.1. The van der Waals surface area contributed by atoms with Gasteiger partial charge in [-0.15, -0.1) is 0 Å². The molecule has 1 aromatic heterocycles. The Labute approximate surface area is 184 Å². The maximum absolute atomic E-state index is 13.1. The van der Waals surface area contributed by atoms with Gasteiger partial charge in [-0.05, 0) is 48.5 Å². The van der Waals surface area contributed by atoms with Gasteiger partial charge in [-0.25, -0.2) is 4.90 Å². The molecule has 3 aromatic carbocycles. The van der Waals surface area contributed by atoms with E-state index in [2.05, 4.69) is 35.8 Å². The highest BCUT2D eigenvalue weighted by atomic mass is 32.2. The van der Waals surface area contributed by atoms with Crippen LogP contribution in [0.3, 0.4) is 0 Å². The Morgan fingerprint density at radius 2 is 1.48 bits per heavy atom. The zero-order valence-corrected chi connectivity index (χ0v) is 17.8. The molecule has 152 valence electrons. The van der Waals surface area contributed by atoms with E-state index in [9.17, 15) is 9.59 Å². The van der Waals surface area contributed by atoms with Crippen molar-refractivity contribution in [2.75, 3.05) is 4.90 Å². The minimum atomic E-state index is -0.277. The molecule has 2 amide bonds. The largest absolute Gasteiger partial charge is 0.340 e. The summed E-state index contributed by atoms with van der Waals surface area (Å²) >= 11 is 0.991. The van der Waals surface area contributed by atoms with Crippen LogP contribution in [-0.4, -0.2) is 15.7 Å². The number of nitrogens with zero attached hydrogens (tertiary/aromatic N) is 2. The van der Waals surface area contributed by atoms with Crippen molar-refractivity contribution in [3.63, 3.8) is 0 Å². The number of fused-ring (bicyclic) bond motifs is 1. The van der Waals surface area contributed by atoms with Crippen molar-refractivity contribution in [1.82, 2.24) is 4.57 Å². The van der Waals surface area contributed by atoms with Gasteiger partial charge in [-0.2, -0.15) is 0 Å². The minimum Gasteiger partial charge on any atom is -0.340 e. The van der Waals surface area contributed by atoms with Gasteiger partial charge in [0.2, 0.25) is 0 Å². The zero-order valence-electron chi connectivity index (χ0n) is 17.0.